The molecule has 0 radical (unpaired) electrons. The zero-order chi connectivity index (χ0) is 13.8. The Morgan fingerprint density at radius 2 is 1.84 bits per heavy atom. The third kappa shape index (κ3) is 1.68. The van der Waals surface area contributed by atoms with E-state index in [2.05, 4.69) is 26.8 Å². The van der Waals surface area contributed by atoms with Crippen molar-refractivity contribution in [1.82, 2.24) is 0 Å². The lowest BCUT2D eigenvalue weighted by Gasteiger charge is -2.39. The molecule has 1 aliphatic rings. The van der Waals surface area contributed by atoms with Gasteiger partial charge in [0.25, 0.3) is 0 Å². The molecule has 1 aromatic heterocycles. The summed E-state index contributed by atoms with van der Waals surface area (Å²) in [5.74, 6) is -0.218. The van der Waals surface area contributed by atoms with E-state index in [9.17, 15) is 4.39 Å². The highest BCUT2D eigenvalue weighted by molar-refractivity contribution is 7.12. The van der Waals surface area contributed by atoms with Gasteiger partial charge in [-0.3, -0.25) is 0 Å². The van der Waals surface area contributed by atoms with Gasteiger partial charge in [-0.25, -0.2) is 4.39 Å². The van der Waals surface area contributed by atoms with Crippen LogP contribution in [0.1, 0.15) is 34.7 Å². The number of rotatable bonds is 1. The molecule has 2 aromatic rings. The van der Waals surface area contributed by atoms with E-state index in [-0.39, 0.29) is 11.2 Å². The number of thiophene rings is 1. The van der Waals surface area contributed by atoms with Crippen molar-refractivity contribution in [2.24, 2.45) is 11.1 Å². The Bertz CT molecular complexity index is 627. The molecule has 2 N–H and O–H groups in total. The molecule has 0 saturated carbocycles. The van der Waals surface area contributed by atoms with Crippen molar-refractivity contribution in [2.45, 2.75) is 32.7 Å². The third-order valence-corrected chi connectivity index (χ3v) is 5.38. The van der Waals surface area contributed by atoms with E-state index in [1.165, 1.54) is 27.5 Å². The molecule has 3 rings (SSSR count). The van der Waals surface area contributed by atoms with Crippen molar-refractivity contribution in [3.05, 3.63) is 57.0 Å². The molecule has 19 heavy (non-hydrogen) atoms. The average molecular weight is 275 g/mol. The molecule has 0 fully saturated rings. The van der Waals surface area contributed by atoms with Gasteiger partial charge < -0.3 is 5.73 Å². The maximum atomic E-state index is 13.2. The summed E-state index contributed by atoms with van der Waals surface area (Å²) in [4.78, 5) is 2.66. The molecule has 1 nitrogen and oxygen atoms in total. The lowest BCUT2D eigenvalue weighted by molar-refractivity contribution is 0.234. The van der Waals surface area contributed by atoms with Gasteiger partial charge in [0, 0.05) is 9.75 Å². The van der Waals surface area contributed by atoms with Crippen LogP contribution in [0.25, 0.3) is 0 Å². The summed E-state index contributed by atoms with van der Waals surface area (Å²) in [5, 5.41) is 0. The van der Waals surface area contributed by atoms with Crippen LogP contribution in [0, 0.1) is 18.2 Å². The molecule has 1 heterocycles. The van der Waals surface area contributed by atoms with Gasteiger partial charge in [-0.05, 0) is 48.1 Å². The van der Waals surface area contributed by atoms with E-state index in [1.807, 2.05) is 23.5 Å². The van der Waals surface area contributed by atoms with Gasteiger partial charge in [-0.15, -0.1) is 11.3 Å². The Balaban J connectivity index is 2.22. The molecular formula is C16H18FNS. The number of nitrogens with two attached hydrogens (primary N) is 1. The average Bonchev–Trinajstić information content (AvgIpc) is 2.76. The predicted octanol–water partition coefficient (Wildman–Crippen LogP) is 3.98. The fraction of sp³-hybridized carbons (Fsp3) is 0.375. The van der Waals surface area contributed by atoms with Crippen LogP contribution in [0.5, 0.6) is 0 Å². The van der Waals surface area contributed by atoms with Crippen LogP contribution in [0.15, 0.2) is 30.3 Å². The Labute approximate surface area is 117 Å². The first kappa shape index (κ1) is 12.8. The van der Waals surface area contributed by atoms with E-state index in [0.717, 1.165) is 12.0 Å². The zero-order valence-electron chi connectivity index (χ0n) is 11.5. The first-order valence-electron chi connectivity index (χ1n) is 6.49. The lowest BCUT2D eigenvalue weighted by Crippen LogP contribution is -2.47. The van der Waals surface area contributed by atoms with Crippen LogP contribution in [0.2, 0.25) is 0 Å². The van der Waals surface area contributed by atoms with E-state index in [0.29, 0.717) is 0 Å². The molecular weight excluding hydrogens is 257 g/mol. The molecule has 1 unspecified atom stereocenters. The van der Waals surface area contributed by atoms with Crippen molar-refractivity contribution < 1.29 is 4.39 Å². The number of hydrogen-bond donors (Lipinski definition) is 1. The van der Waals surface area contributed by atoms with E-state index >= 15 is 0 Å². The Morgan fingerprint density at radius 3 is 2.47 bits per heavy atom. The van der Waals surface area contributed by atoms with E-state index in [4.69, 9.17) is 5.73 Å². The van der Waals surface area contributed by atoms with Gasteiger partial charge in [0.15, 0.2) is 0 Å². The first-order valence-corrected chi connectivity index (χ1v) is 7.31. The minimum Gasteiger partial charge on any atom is -0.317 e. The smallest absolute Gasteiger partial charge is 0.123 e. The number of aryl methyl sites for hydroxylation is 1. The Kier molecular flexibility index (Phi) is 2.63. The van der Waals surface area contributed by atoms with Gasteiger partial charge in [0.2, 0.25) is 0 Å². The SMILES string of the molecule is Cc1cc2c(s1)CC(C)(C)C2(N)c1ccc(F)cc1. The van der Waals surface area contributed by atoms with Crippen LogP contribution >= 0.6 is 11.3 Å². The maximum Gasteiger partial charge on any atom is 0.123 e. The molecule has 0 spiro atoms. The maximum absolute atomic E-state index is 13.2. The van der Waals surface area contributed by atoms with Crippen molar-refractivity contribution in [3.8, 4) is 0 Å². The highest BCUT2D eigenvalue weighted by Gasteiger charge is 2.51. The van der Waals surface area contributed by atoms with Gasteiger partial charge >= 0.3 is 0 Å². The molecule has 100 valence electrons. The molecule has 0 amide bonds. The molecule has 0 bridgehead atoms. The lowest BCUT2D eigenvalue weighted by atomic mass is 9.69. The number of halogens is 1. The molecule has 3 heteroatoms. The highest BCUT2D eigenvalue weighted by atomic mass is 32.1. The number of benzene rings is 1. The first-order chi connectivity index (χ1) is 8.84. The number of hydrogen-bond acceptors (Lipinski definition) is 2. The van der Waals surface area contributed by atoms with Crippen LogP contribution in [0.3, 0.4) is 0 Å². The van der Waals surface area contributed by atoms with Crippen LogP contribution in [-0.2, 0) is 12.0 Å². The normalized spacial score (nSPS) is 24.5. The monoisotopic (exact) mass is 275 g/mol. The summed E-state index contributed by atoms with van der Waals surface area (Å²) in [5.41, 5.74) is 8.44. The largest absolute Gasteiger partial charge is 0.317 e. The quantitative estimate of drug-likeness (QED) is 0.837. The summed E-state index contributed by atoms with van der Waals surface area (Å²) < 4.78 is 13.2. The standard InChI is InChI=1S/C16H18FNS/c1-10-8-13-14(19-10)9-15(2,3)16(13,18)11-4-6-12(17)7-5-11/h4-8H,9,18H2,1-3H3. The van der Waals surface area contributed by atoms with Crippen LogP contribution in [-0.4, -0.2) is 0 Å². The molecule has 0 saturated heterocycles. The van der Waals surface area contributed by atoms with Crippen molar-refractivity contribution in [2.75, 3.05) is 0 Å². The summed E-state index contributed by atoms with van der Waals surface area (Å²) in [6, 6.07) is 8.82. The Hall–Kier alpha value is -1.19. The summed E-state index contributed by atoms with van der Waals surface area (Å²) in [6.45, 7) is 6.50. The minimum absolute atomic E-state index is 0.0559. The fourth-order valence-corrected chi connectivity index (χ4v) is 4.52. The van der Waals surface area contributed by atoms with Gasteiger partial charge in [-0.1, -0.05) is 26.0 Å². The predicted molar refractivity (Wildman–Crippen MR) is 77.9 cm³/mol. The van der Waals surface area contributed by atoms with Crippen LogP contribution < -0.4 is 5.73 Å². The van der Waals surface area contributed by atoms with Crippen molar-refractivity contribution >= 4 is 11.3 Å². The molecule has 1 aliphatic carbocycles. The second-order valence-electron chi connectivity index (χ2n) is 6.07. The van der Waals surface area contributed by atoms with Gasteiger partial charge in [0.1, 0.15) is 5.82 Å². The topological polar surface area (TPSA) is 26.0 Å². The fourth-order valence-electron chi connectivity index (χ4n) is 3.19. The summed E-state index contributed by atoms with van der Waals surface area (Å²) in [7, 11) is 0. The van der Waals surface area contributed by atoms with Crippen molar-refractivity contribution in [1.29, 1.82) is 0 Å². The summed E-state index contributed by atoms with van der Waals surface area (Å²) >= 11 is 1.83. The van der Waals surface area contributed by atoms with Crippen LogP contribution in [0.4, 0.5) is 4.39 Å². The highest BCUT2D eigenvalue weighted by Crippen LogP contribution is 2.54. The van der Waals surface area contributed by atoms with Crippen molar-refractivity contribution in [3.63, 3.8) is 0 Å². The zero-order valence-corrected chi connectivity index (χ0v) is 12.3. The molecule has 1 aromatic carbocycles. The van der Waals surface area contributed by atoms with Gasteiger partial charge in [-0.2, -0.15) is 0 Å². The van der Waals surface area contributed by atoms with E-state index < -0.39 is 5.54 Å². The second-order valence-corrected chi connectivity index (χ2v) is 7.41. The summed E-state index contributed by atoms with van der Waals surface area (Å²) in [6.07, 6.45) is 0.981. The van der Waals surface area contributed by atoms with E-state index in [1.54, 1.807) is 0 Å². The third-order valence-electron chi connectivity index (χ3n) is 4.33. The minimum atomic E-state index is -0.527. The second kappa shape index (κ2) is 3.90. The molecule has 1 atom stereocenters. The van der Waals surface area contributed by atoms with Gasteiger partial charge in [0.05, 0.1) is 5.54 Å². The Morgan fingerprint density at radius 1 is 1.21 bits per heavy atom. The number of fused-ring (bicyclic) bond motifs is 1. The molecule has 0 aliphatic heterocycles.